The van der Waals surface area contributed by atoms with Crippen LogP contribution in [0.15, 0.2) is 12.1 Å². The molecule has 0 heterocycles. The first-order valence-electron chi connectivity index (χ1n) is 8.27. The molecule has 0 spiro atoms. The second-order valence-corrected chi connectivity index (χ2v) is 7.40. The van der Waals surface area contributed by atoms with Gasteiger partial charge in [0, 0.05) is 24.3 Å². The molecule has 0 aromatic heterocycles. The van der Waals surface area contributed by atoms with Crippen molar-refractivity contribution in [3.63, 3.8) is 0 Å². The fraction of sp³-hybridized carbons (Fsp3) is 0.611. The number of carboxylic acids is 1. The third-order valence-electron chi connectivity index (χ3n) is 5.11. The summed E-state index contributed by atoms with van der Waals surface area (Å²) in [7, 11) is 0. The Morgan fingerprint density at radius 1 is 1.25 bits per heavy atom. The minimum absolute atomic E-state index is 0.158. The number of carboxylic acid groups (broad SMARTS) is 1. The summed E-state index contributed by atoms with van der Waals surface area (Å²) in [5.74, 6) is -4.20. The van der Waals surface area contributed by atoms with Crippen LogP contribution in [0.25, 0.3) is 0 Å². The van der Waals surface area contributed by atoms with E-state index < -0.39 is 17.7 Å². The van der Waals surface area contributed by atoms with Gasteiger partial charge in [-0.1, -0.05) is 6.92 Å². The molecule has 0 radical (unpaired) electrons. The molecule has 2 aliphatic carbocycles. The number of carbonyl (C=O) groups is 1. The van der Waals surface area contributed by atoms with Crippen molar-refractivity contribution in [2.75, 3.05) is 6.61 Å². The topological polar surface area (TPSA) is 46.5 Å². The summed E-state index contributed by atoms with van der Waals surface area (Å²) in [6, 6.07) is 2.47. The van der Waals surface area contributed by atoms with Gasteiger partial charge in [0.2, 0.25) is 5.92 Å². The molecule has 132 valence electrons. The van der Waals surface area contributed by atoms with Crippen LogP contribution in [0.4, 0.5) is 13.2 Å². The number of halogens is 3. The van der Waals surface area contributed by atoms with Crippen LogP contribution in [-0.2, 0) is 0 Å². The van der Waals surface area contributed by atoms with E-state index in [0.29, 0.717) is 24.2 Å². The predicted octanol–water partition coefficient (Wildman–Crippen LogP) is 5.00. The lowest BCUT2D eigenvalue weighted by Gasteiger charge is -2.37. The van der Waals surface area contributed by atoms with Gasteiger partial charge in [-0.3, -0.25) is 0 Å². The first-order chi connectivity index (χ1) is 11.2. The van der Waals surface area contributed by atoms with Crippen molar-refractivity contribution >= 4 is 5.97 Å². The van der Waals surface area contributed by atoms with Crippen LogP contribution in [-0.4, -0.2) is 23.6 Å². The zero-order valence-electron chi connectivity index (χ0n) is 13.6. The van der Waals surface area contributed by atoms with E-state index in [9.17, 15) is 18.0 Å². The summed E-state index contributed by atoms with van der Waals surface area (Å²) in [6.07, 6.45) is 2.24. The van der Waals surface area contributed by atoms with E-state index in [1.807, 2.05) is 6.92 Å². The maximum absolute atomic E-state index is 14.0. The average molecular weight is 342 g/mol. The third kappa shape index (κ3) is 3.68. The highest BCUT2D eigenvalue weighted by Crippen LogP contribution is 2.47. The average Bonchev–Trinajstić information content (AvgIpc) is 3.33. The molecule has 0 atom stereocenters. The number of alkyl halides is 2. The molecular formula is C18H21F3O3. The van der Waals surface area contributed by atoms with Crippen LogP contribution in [0.3, 0.4) is 0 Å². The van der Waals surface area contributed by atoms with Crippen LogP contribution in [0, 0.1) is 11.2 Å². The Labute approximate surface area is 138 Å². The predicted molar refractivity (Wildman–Crippen MR) is 82.4 cm³/mol. The van der Waals surface area contributed by atoms with Gasteiger partial charge in [0.25, 0.3) is 0 Å². The molecule has 2 fully saturated rings. The molecule has 6 heteroatoms. The SMILES string of the molecule is CC1(COc2cc(F)c(C(=O)O)cc2C2CC2)CCC(F)(F)CC1. The number of benzene rings is 1. The quantitative estimate of drug-likeness (QED) is 0.819. The molecule has 1 aromatic rings. The minimum Gasteiger partial charge on any atom is -0.493 e. The standard InChI is InChI=1S/C18H21F3O3/c1-17(4-6-18(20,21)7-5-17)10-24-15-9-14(19)13(16(22)23)8-12(15)11-2-3-11/h8-9,11H,2-7,10H2,1H3,(H,22,23). The number of hydrogen-bond acceptors (Lipinski definition) is 2. The summed E-state index contributed by atoms with van der Waals surface area (Å²) < 4.78 is 46.4. The Bertz CT molecular complexity index is 643. The van der Waals surface area contributed by atoms with Gasteiger partial charge >= 0.3 is 5.97 Å². The maximum atomic E-state index is 14.0. The second kappa shape index (κ2) is 5.97. The van der Waals surface area contributed by atoms with Crippen LogP contribution in [0.1, 0.15) is 67.3 Å². The Balaban J connectivity index is 1.75. The smallest absolute Gasteiger partial charge is 0.338 e. The Hall–Kier alpha value is -1.72. The summed E-state index contributed by atoms with van der Waals surface area (Å²) >= 11 is 0. The van der Waals surface area contributed by atoms with Gasteiger partial charge < -0.3 is 9.84 Å². The number of aromatic carboxylic acids is 1. The summed E-state index contributed by atoms with van der Waals surface area (Å²) in [5.41, 5.74) is -0.0175. The number of rotatable bonds is 5. The fourth-order valence-electron chi connectivity index (χ4n) is 3.19. The van der Waals surface area contributed by atoms with E-state index in [1.54, 1.807) is 0 Å². The lowest BCUT2D eigenvalue weighted by molar-refractivity contribution is -0.0712. The van der Waals surface area contributed by atoms with E-state index >= 15 is 0 Å². The molecule has 0 saturated heterocycles. The molecule has 0 bridgehead atoms. The molecule has 1 aromatic carbocycles. The summed E-state index contributed by atoms with van der Waals surface area (Å²) in [4.78, 5) is 11.1. The Kier molecular flexibility index (Phi) is 4.26. The van der Waals surface area contributed by atoms with E-state index in [2.05, 4.69) is 0 Å². The lowest BCUT2D eigenvalue weighted by atomic mass is 9.75. The van der Waals surface area contributed by atoms with Crippen molar-refractivity contribution in [1.82, 2.24) is 0 Å². The van der Waals surface area contributed by atoms with Gasteiger partial charge in [-0.25, -0.2) is 18.0 Å². The highest BCUT2D eigenvalue weighted by Gasteiger charge is 2.41. The molecule has 24 heavy (non-hydrogen) atoms. The van der Waals surface area contributed by atoms with Crippen molar-refractivity contribution in [1.29, 1.82) is 0 Å². The molecule has 0 aliphatic heterocycles. The first-order valence-corrected chi connectivity index (χ1v) is 8.27. The molecule has 0 unspecified atom stereocenters. The third-order valence-corrected chi connectivity index (χ3v) is 5.11. The fourth-order valence-corrected chi connectivity index (χ4v) is 3.19. The molecule has 3 rings (SSSR count). The number of ether oxygens (including phenoxy) is 1. The second-order valence-electron chi connectivity index (χ2n) is 7.40. The van der Waals surface area contributed by atoms with Gasteiger partial charge in [-0.2, -0.15) is 0 Å². The zero-order chi connectivity index (χ0) is 17.5. The van der Waals surface area contributed by atoms with Gasteiger partial charge in [0.15, 0.2) is 0 Å². The van der Waals surface area contributed by atoms with Crippen molar-refractivity contribution in [2.24, 2.45) is 5.41 Å². The van der Waals surface area contributed by atoms with Crippen LogP contribution < -0.4 is 4.74 Å². The molecule has 3 nitrogen and oxygen atoms in total. The van der Waals surface area contributed by atoms with E-state index in [-0.39, 0.29) is 36.3 Å². The largest absolute Gasteiger partial charge is 0.493 e. The molecule has 1 N–H and O–H groups in total. The van der Waals surface area contributed by atoms with Gasteiger partial charge in [-0.15, -0.1) is 0 Å². The van der Waals surface area contributed by atoms with Crippen LogP contribution >= 0.6 is 0 Å². The Morgan fingerprint density at radius 3 is 2.42 bits per heavy atom. The highest BCUT2D eigenvalue weighted by molar-refractivity contribution is 5.88. The zero-order valence-corrected chi connectivity index (χ0v) is 13.6. The molecule has 2 aliphatic rings. The first kappa shape index (κ1) is 17.1. The van der Waals surface area contributed by atoms with E-state index in [0.717, 1.165) is 18.9 Å². The normalized spacial score (nSPS) is 22.2. The van der Waals surface area contributed by atoms with E-state index in [4.69, 9.17) is 9.84 Å². The van der Waals surface area contributed by atoms with Crippen molar-refractivity contribution < 1.29 is 27.8 Å². The van der Waals surface area contributed by atoms with Gasteiger partial charge in [0.05, 0.1) is 12.2 Å². The van der Waals surface area contributed by atoms with Gasteiger partial charge in [-0.05, 0) is 43.2 Å². The molecule has 0 amide bonds. The Morgan fingerprint density at radius 2 is 1.88 bits per heavy atom. The molecular weight excluding hydrogens is 321 g/mol. The lowest BCUT2D eigenvalue weighted by Crippen LogP contribution is -2.35. The van der Waals surface area contributed by atoms with Crippen LogP contribution in [0.5, 0.6) is 5.75 Å². The van der Waals surface area contributed by atoms with E-state index in [1.165, 1.54) is 6.07 Å². The maximum Gasteiger partial charge on any atom is 0.338 e. The summed E-state index contributed by atoms with van der Waals surface area (Å²) in [6.45, 7) is 2.13. The highest BCUT2D eigenvalue weighted by atomic mass is 19.3. The minimum atomic E-state index is -2.60. The van der Waals surface area contributed by atoms with Gasteiger partial charge in [0.1, 0.15) is 11.6 Å². The van der Waals surface area contributed by atoms with Crippen molar-refractivity contribution in [3.8, 4) is 5.75 Å². The van der Waals surface area contributed by atoms with Crippen molar-refractivity contribution in [3.05, 3.63) is 29.1 Å². The van der Waals surface area contributed by atoms with Crippen LogP contribution in [0.2, 0.25) is 0 Å². The number of hydrogen-bond donors (Lipinski definition) is 1. The van der Waals surface area contributed by atoms with Crippen molar-refractivity contribution in [2.45, 2.75) is 57.3 Å². The summed E-state index contributed by atoms with van der Waals surface area (Å²) in [5, 5.41) is 9.06. The monoisotopic (exact) mass is 342 g/mol. The molecule has 2 saturated carbocycles.